The monoisotopic (exact) mass is 392 g/mol. The van der Waals surface area contributed by atoms with Crippen LogP contribution < -0.4 is 0 Å². The van der Waals surface area contributed by atoms with Crippen molar-refractivity contribution < 1.29 is 0 Å². The first-order valence-electron chi connectivity index (χ1n) is 12.4. The van der Waals surface area contributed by atoms with E-state index in [0.29, 0.717) is 0 Å². The lowest BCUT2D eigenvalue weighted by Gasteiger charge is -2.19. The van der Waals surface area contributed by atoms with Crippen LogP contribution in [0.2, 0.25) is 0 Å². The van der Waals surface area contributed by atoms with Gasteiger partial charge in [0.05, 0.1) is 0 Å². The summed E-state index contributed by atoms with van der Waals surface area (Å²) in [7, 11) is 0. The second-order valence-electron chi connectivity index (χ2n) is 8.19. The maximum atomic E-state index is 8.43. The minimum absolute atomic E-state index is 0.751. The lowest BCUT2D eigenvalue weighted by Crippen LogP contribution is -2.05. The molecule has 0 saturated carbocycles. The van der Waals surface area contributed by atoms with E-state index in [1.54, 1.807) is 0 Å². The number of hydrogen-bond acceptors (Lipinski definition) is 0. The first-order chi connectivity index (χ1) is 14.1. The van der Waals surface area contributed by atoms with E-state index >= 15 is 0 Å². The molecule has 0 aliphatic heterocycles. The quantitative estimate of drug-likeness (QED) is 0.219. The topological polar surface area (TPSA) is 0 Å². The van der Waals surface area contributed by atoms with Gasteiger partial charge in [0.1, 0.15) is 0 Å². The summed E-state index contributed by atoms with van der Waals surface area (Å²) in [5.74, 6) is 7.04. The van der Waals surface area contributed by atoms with Crippen molar-refractivity contribution in [1.82, 2.24) is 0 Å². The molecule has 1 rings (SSSR count). The van der Waals surface area contributed by atoms with E-state index in [2.05, 4.69) is 52.5 Å². The van der Waals surface area contributed by atoms with Gasteiger partial charge in [-0.05, 0) is 66.5 Å². The highest BCUT2D eigenvalue weighted by atomic mass is 14.2. The van der Waals surface area contributed by atoms with E-state index in [1.165, 1.54) is 80.0 Å². The van der Waals surface area contributed by atoms with Crippen LogP contribution in [0.1, 0.15) is 133 Å². The summed E-state index contributed by atoms with van der Waals surface area (Å²) in [4.78, 5) is 0. The van der Waals surface area contributed by atoms with Gasteiger partial charge in [-0.3, -0.25) is 0 Å². The minimum Gasteiger partial charge on any atom is -0.0979 e. The van der Waals surface area contributed by atoms with Crippen molar-refractivity contribution in [2.45, 2.75) is 125 Å². The summed E-state index contributed by atoms with van der Waals surface area (Å²) in [6, 6.07) is 2.27. The number of unbranched alkanes of at least 4 members (excludes halogenated alkanes) is 9. The first-order valence-corrected chi connectivity index (χ1v) is 12.4. The van der Waals surface area contributed by atoms with E-state index in [-0.39, 0.29) is 0 Å². The Morgan fingerprint density at radius 3 is 1.86 bits per heavy atom. The maximum absolute atomic E-state index is 8.43. The fraction of sp³-hybridized carbons (Fsp3) is 0.655. The van der Waals surface area contributed by atoms with Crippen LogP contribution in [0.25, 0.3) is 5.57 Å². The molecule has 0 nitrogen and oxygen atoms in total. The van der Waals surface area contributed by atoms with E-state index in [9.17, 15) is 0 Å². The highest BCUT2D eigenvalue weighted by molar-refractivity contribution is 5.70. The second kappa shape index (κ2) is 15.4. The summed E-state index contributed by atoms with van der Waals surface area (Å²) in [6.07, 6.45) is 17.0. The zero-order chi connectivity index (χ0) is 21.5. The highest BCUT2D eigenvalue weighted by Crippen LogP contribution is 2.30. The molecule has 2 radical (unpaired) electrons. The van der Waals surface area contributed by atoms with Gasteiger partial charge in [0.25, 0.3) is 0 Å². The van der Waals surface area contributed by atoms with Gasteiger partial charge in [0.2, 0.25) is 0 Å². The minimum atomic E-state index is 0.751. The molecule has 160 valence electrons. The van der Waals surface area contributed by atoms with Crippen molar-refractivity contribution in [3.63, 3.8) is 0 Å². The molecule has 0 amide bonds. The molecule has 0 aliphatic rings. The van der Waals surface area contributed by atoms with Crippen LogP contribution in [0.15, 0.2) is 6.07 Å². The van der Waals surface area contributed by atoms with Crippen LogP contribution in [0.5, 0.6) is 0 Å². The van der Waals surface area contributed by atoms with Gasteiger partial charge in [-0.15, -0.1) is 0 Å². The van der Waals surface area contributed by atoms with Gasteiger partial charge in [0.15, 0.2) is 0 Å². The molecule has 0 bridgehead atoms. The molecule has 29 heavy (non-hydrogen) atoms. The molecule has 0 heterocycles. The lowest BCUT2D eigenvalue weighted by atomic mass is 9.85. The molecule has 0 aliphatic carbocycles. The molecule has 0 N–H and O–H groups in total. The molecule has 0 saturated heterocycles. The molecule has 0 unspecified atom stereocenters. The molecular formula is C29H44. The molecule has 1 aromatic carbocycles. The zero-order valence-electron chi connectivity index (χ0n) is 20.0. The van der Waals surface area contributed by atoms with Crippen LogP contribution in [-0.4, -0.2) is 0 Å². The second-order valence-corrected chi connectivity index (χ2v) is 8.19. The van der Waals surface area contributed by atoms with E-state index < -0.39 is 0 Å². The zero-order valence-corrected chi connectivity index (χ0v) is 20.0. The third kappa shape index (κ3) is 8.42. The van der Waals surface area contributed by atoms with Crippen molar-refractivity contribution in [1.29, 1.82) is 0 Å². The van der Waals surface area contributed by atoms with Gasteiger partial charge in [-0.2, -0.15) is 0 Å². The summed E-state index contributed by atoms with van der Waals surface area (Å²) in [5.41, 5.74) is 7.21. The summed E-state index contributed by atoms with van der Waals surface area (Å²) in [5, 5.41) is 0. The van der Waals surface area contributed by atoms with Crippen LogP contribution in [0, 0.1) is 18.4 Å². The third-order valence-corrected chi connectivity index (χ3v) is 6.02. The largest absolute Gasteiger partial charge is 0.0979 e. The van der Waals surface area contributed by atoms with Crippen molar-refractivity contribution in [2.24, 2.45) is 0 Å². The summed E-state index contributed by atoms with van der Waals surface area (Å²) in [6.45, 7) is 19.5. The lowest BCUT2D eigenvalue weighted by molar-refractivity contribution is 0.567. The Balaban J connectivity index is 2.74. The predicted molar refractivity (Wildman–Crippen MR) is 130 cm³/mol. The van der Waals surface area contributed by atoms with Crippen molar-refractivity contribution in [3.8, 4) is 11.8 Å². The van der Waals surface area contributed by atoms with Gasteiger partial charge >= 0.3 is 0 Å². The molecule has 0 aromatic heterocycles. The smallest absolute Gasteiger partial charge is 0.0317 e. The third-order valence-electron chi connectivity index (χ3n) is 6.02. The standard InChI is InChI=1S/C29H44/c1-7-12-13-14-15-16-17-18-19-20-21-22-28-26(10-4)25(9-3)23-29(24(6)8-2)27(28)11-5/h23H,7-20H2,1-5H3. The maximum Gasteiger partial charge on any atom is 0.0317 e. The number of hydrogen-bond donors (Lipinski definition) is 0. The van der Waals surface area contributed by atoms with Gasteiger partial charge in [-0.25, -0.2) is 0 Å². The Hall–Kier alpha value is -1.48. The summed E-state index contributed by atoms with van der Waals surface area (Å²) >= 11 is 0. The molecule has 1 aromatic rings. The normalized spacial score (nSPS) is 10.7. The molecule has 0 heteroatoms. The molecule has 0 fully saturated rings. The Kier molecular flexibility index (Phi) is 13.5. The van der Waals surface area contributed by atoms with Crippen LogP contribution in [0.3, 0.4) is 0 Å². The van der Waals surface area contributed by atoms with Crippen LogP contribution in [-0.2, 0) is 19.3 Å². The Morgan fingerprint density at radius 1 is 0.759 bits per heavy atom. The van der Waals surface area contributed by atoms with Gasteiger partial charge in [-0.1, -0.05) is 104 Å². The number of rotatable bonds is 14. The molecule has 0 atom stereocenters. The SMILES string of the molecule is [C]=C(CC)c1cc(CC)c(CC)c(C#CCCCCCCCCCCC)c1CC. The van der Waals surface area contributed by atoms with E-state index in [0.717, 1.165) is 43.2 Å². The highest BCUT2D eigenvalue weighted by Gasteiger charge is 2.15. The molecular weight excluding hydrogens is 348 g/mol. The summed E-state index contributed by atoms with van der Waals surface area (Å²) < 4.78 is 0. The number of allylic oxidation sites excluding steroid dienone is 1. The van der Waals surface area contributed by atoms with Crippen molar-refractivity contribution in [3.05, 3.63) is 40.5 Å². The molecule has 0 spiro atoms. The van der Waals surface area contributed by atoms with Crippen molar-refractivity contribution in [2.75, 3.05) is 0 Å². The van der Waals surface area contributed by atoms with Gasteiger partial charge in [0, 0.05) is 12.0 Å². The number of aryl methyl sites for hydroxylation is 1. The first kappa shape index (κ1) is 25.6. The number of benzene rings is 1. The van der Waals surface area contributed by atoms with Crippen LogP contribution >= 0.6 is 0 Å². The predicted octanol–water partition coefficient (Wildman–Crippen LogP) is 8.75. The van der Waals surface area contributed by atoms with E-state index in [4.69, 9.17) is 6.58 Å². The average molecular weight is 393 g/mol. The Morgan fingerprint density at radius 2 is 1.34 bits per heavy atom. The fourth-order valence-corrected chi connectivity index (χ4v) is 4.20. The van der Waals surface area contributed by atoms with Crippen LogP contribution in [0.4, 0.5) is 0 Å². The Bertz CT molecular complexity index is 666. The van der Waals surface area contributed by atoms with Crippen molar-refractivity contribution >= 4 is 5.57 Å². The Labute approximate surface area is 182 Å². The van der Waals surface area contributed by atoms with E-state index in [1.807, 2.05) is 0 Å². The average Bonchev–Trinajstić information content (AvgIpc) is 2.75. The van der Waals surface area contributed by atoms with Gasteiger partial charge < -0.3 is 0 Å². The fourth-order valence-electron chi connectivity index (χ4n) is 4.20.